The maximum absolute atomic E-state index is 13.3. The van der Waals surface area contributed by atoms with E-state index in [4.69, 9.17) is 18.9 Å². The summed E-state index contributed by atoms with van der Waals surface area (Å²) < 4.78 is 22.8. The third-order valence-electron chi connectivity index (χ3n) is 15.4. The molecule has 0 bridgehead atoms. The Balaban J connectivity index is 1.75. The maximum atomic E-state index is 13.3. The molecule has 0 aromatic rings. The van der Waals surface area contributed by atoms with Gasteiger partial charge in [0.2, 0.25) is 5.91 Å². The van der Waals surface area contributed by atoms with E-state index in [1.54, 1.807) is 6.08 Å². The van der Waals surface area contributed by atoms with Crippen molar-refractivity contribution < 1.29 is 64.6 Å². The first-order valence-electron chi connectivity index (χ1n) is 31.1. The number of rotatable bonds is 50. The first-order chi connectivity index (χ1) is 36.6. The van der Waals surface area contributed by atoms with Crippen LogP contribution in [0.2, 0.25) is 0 Å². The van der Waals surface area contributed by atoms with Gasteiger partial charge in [0.15, 0.2) is 12.6 Å². The molecule has 0 saturated carbocycles. The molecule has 0 radical (unpaired) electrons. The molecule has 2 heterocycles. The Morgan fingerprint density at radius 3 is 1.27 bits per heavy atom. The first kappa shape index (κ1) is 69.6. The lowest BCUT2D eigenvalue weighted by molar-refractivity contribution is -0.359. The fourth-order valence-corrected chi connectivity index (χ4v) is 10.3. The summed E-state index contributed by atoms with van der Waals surface area (Å²) in [5, 5.41) is 87.2. The van der Waals surface area contributed by atoms with E-state index in [0.717, 1.165) is 44.9 Å². The van der Waals surface area contributed by atoms with Gasteiger partial charge >= 0.3 is 0 Å². The number of aliphatic hydroxyl groups is 8. The quantitative estimate of drug-likeness (QED) is 0.0204. The fraction of sp³-hybridized carbons (Fsp3) is 0.918. The molecule has 75 heavy (non-hydrogen) atoms. The predicted octanol–water partition coefficient (Wildman–Crippen LogP) is 10.8. The van der Waals surface area contributed by atoms with Crippen molar-refractivity contribution in [3.8, 4) is 0 Å². The Labute approximate surface area is 456 Å². The SMILES string of the molecule is CCCCCCCC/C=C\CCCCCCCCCC(=O)NC(COC1OC(CO)C(OC2OC(CO)C(O)C(O)C2O)C(O)C1O)C(O)/C=C/CCCCCCCCCCCCCCCCCCCCCCCC. The summed E-state index contributed by atoms with van der Waals surface area (Å²) in [6.07, 6.45) is 39.3. The van der Waals surface area contributed by atoms with Gasteiger partial charge in [-0.1, -0.05) is 237 Å². The van der Waals surface area contributed by atoms with Crippen molar-refractivity contribution in [3.63, 3.8) is 0 Å². The molecule has 12 unspecified atom stereocenters. The van der Waals surface area contributed by atoms with Crippen molar-refractivity contribution >= 4 is 5.91 Å². The number of allylic oxidation sites excluding steroid dienone is 3. The molecule has 0 aromatic carbocycles. The summed E-state index contributed by atoms with van der Waals surface area (Å²) in [5.41, 5.74) is 0. The van der Waals surface area contributed by atoms with Gasteiger partial charge in [-0.15, -0.1) is 0 Å². The molecule has 9 N–H and O–H groups in total. The number of hydrogen-bond acceptors (Lipinski definition) is 13. The molecule has 0 aliphatic carbocycles. The molecule has 2 saturated heterocycles. The molecule has 14 heteroatoms. The number of carbonyl (C=O) groups excluding carboxylic acids is 1. The van der Waals surface area contributed by atoms with Crippen LogP contribution in [0.5, 0.6) is 0 Å². The highest BCUT2D eigenvalue weighted by molar-refractivity contribution is 5.76. The molecule has 1 amide bonds. The van der Waals surface area contributed by atoms with Gasteiger partial charge in [0, 0.05) is 6.42 Å². The van der Waals surface area contributed by atoms with Gasteiger partial charge < -0.3 is 65.1 Å². The summed E-state index contributed by atoms with van der Waals surface area (Å²) in [5.74, 6) is -0.241. The Kier molecular flexibility index (Phi) is 43.9. The third kappa shape index (κ3) is 33.0. The second kappa shape index (κ2) is 47.3. The summed E-state index contributed by atoms with van der Waals surface area (Å²) in [6, 6.07) is -0.915. The second-order valence-corrected chi connectivity index (χ2v) is 22.2. The van der Waals surface area contributed by atoms with E-state index in [1.165, 1.54) is 193 Å². The minimum absolute atomic E-state index is 0.241. The Hall–Kier alpha value is -1.53. The van der Waals surface area contributed by atoms with E-state index < -0.39 is 86.8 Å². The minimum Gasteiger partial charge on any atom is -0.394 e. The summed E-state index contributed by atoms with van der Waals surface area (Å²) >= 11 is 0. The van der Waals surface area contributed by atoms with E-state index in [2.05, 4.69) is 31.3 Å². The first-order valence-corrected chi connectivity index (χ1v) is 31.1. The summed E-state index contributed by atoms with van der Waals surface area (Å²) in [6.45, 7) is 2.82. The Morgan fingerprint density at radius 1 is 0.467 bits per heavy atom. The van der Waals surface area contributed by atoms with Crippen molar-refractivity contribution in [2.45, 2.75) is 338 Å². The minimum atomic E-state index is -1.79. The monoisotopic (exact) mass is 1070 g/mol. The number of carbonyl (C=O) groups is 1. The molecule has 2 fully saturated rings. The van der Waals surface area contributed by atoms with E-state index >= 15 is 0 Å². The average Bonchev–Trinajstić information content (AvgIpc) is 3.41. The molecular formula is C61H115NO13. The molecular weight excluding hydrogens is 955 g/mol. The second-order valence-electron chi connectivity index (χ2n) is 22.2. The number of amides is 1. The maximum Gasteiger partial charge on any atom is 0.220 e. The van der Waals surface area contributed by atoms with Crippen LogP contribution in [-0.4, -0.2) is 140 Å². The van der Waals surface area contributed by atoms with Crippen LogP contribution in [0.25, 0.3) is 0 Å². The van der Waals surface area contributed by atoms with Gasteiger partial charge in [-0.25, -0.2) is 0 Å². The topological polar surface area (TPSA) is 228 Å². The highest BCUT2D eigenvalue weighted by Gasteiger charge is 2.51. The molecule has 14 nitrogen and oxygen atoms in total. The van der Waals surface area contributed by atoms with Crippen LogP contribution in [0.15, 0.2) is 24.3 Å². The van der Waals surface area contributed by atoms with Gasteiger partial charge in [0.1, 0.15) is 48.8 Å². The lowest BCUT2D eigenvalue weighted by atomic mass is 9.97. The molecule has 2 aliphatic heterocycles. The van der Waals surface area contributed by atoms with Gasteiger partial charge in [0.05, 0.1) is 32.0 Å². The number of hydrogen-bond donors (Lipinski definition) is 9. The van der Waals surface area contributed by atoms with Crippen LogP contribution in [0.1, 0.15) is 264 Å². The molecule has 12 atom stereocenters. The van der Waals surface area contributed by atoms with Crippen molar-refractivity contribution in [2.24, 2.45) is 0 Å². The number of unbranched alkanes of at least 4 members (excludes halogenated alkanes) is 35. The number of ether oxygens (including phenoxy) is 4. The van der Waals surface area contributed by atoms with E-state index in [1.807, 2.05) is 6.08 Å². The van der Waals surface area contributed by atoms with E-state index in [0.29, 0.717) is 6.42 Å². The smallest absolute Gasteiger partial charge is 0.220 e. The largest absolute Gasteiger partial charge is 0.394 e. The van der Waals surface area contributed by atoms with Crippen molar-refractivity contribution in [1.82, 2.24) is 5.32 Å². The van der Waals surface area contributed by atoms with Crippen molar-refractivity contribution in [2.75, 3.05) is 19.8 Å². The Morgan fingerprint density at radius 2 is 0.840 bits per heavy atom. The predicted molar refractivity (Wildman–Crippen MR) is 300 cm³/mol. The molecule has 0 spiro atoms. The van der Waals surface area contributed by atoms with Crippen LogP contribution in [0.3, 0.4) is 0 Å². The van der Waals surface area contributed by atoms with E-state index in [9.17, 15) is 45.6 Å². The van der Waals surface area contributed by atoms with Crippen LogP contribution in [0.4, 0.5) is 0 Å². The zero-order valence-corrected chi connectivity index (χ0v) is 47.6. The standard InChI is InChI=1S/C61H115NO13/c1-3-5-7-9-11-13-15-17-19-21-22-23-24-25-26-27-29-30-32-34-36-38-40-42-44-50(65)49(62-53(66)45-43-41-39-37-35-33-31-28-20-18-16-14-12-10-8-6-4-2)48-72-60-58(71)56(69)59(52(47-64)74-60)75-61-57(70)55(68)54(67)51(46-63)73-61/h18,20,42,44,49-52,54-61,63-65,67-71H,3-17,19,21-41,43,45-48H2,1-2H3,(H,62,66)/b20-18-,44-42+. The zero-order valence-electron chi connectivity index (χ0n) is 47.6. The van der Waals surface area contributed by atoms with Gasteiger partial charge in [-0.3, -0.25) is 4.79 Å². The van der Waals surface area contributed by atoms with E-state index in [-0.39, 0.29) is 18.9 Å². The van der Waals surface area contributed by atoms with Crippen molar-refractivity contribution in [3.05, 3.63) is 24.3 Å². The third-order valence-corrected chi connectivity index (χ3v) is 15.4. The summed E-state index contributed by atoms with van der Waals surface area (Å²) in [4.78, 5) is 13.3. The lowest BCUT2D eigenvalue weighted by Crippen LogP contribution is -2.65. The summed E-state index contributed by atoms with van der Waals surface area (Å²) in [7, 11) is 0. The zero-order chi connectivity index (χ0) is 54.6. The fourth-order valence-electron chi connectivity index (χ4n) is 10.3. The molecule has 442 valence electrons. The number of aliphatic hydroxyl groups excluding tert-OH is 8. The molecule has 0 aromatic heterocycles. The lowest BCUT2D eigenvalue weighted by Gasteiger charge is -2.46. The molecule has 2 rings (SSSR count). The highest BCUT2D eigenvalue weighted by Crippen LogP contribution is 2.30. The van der Waals surface area contributed by atoms with Crippen molar-refractivity contribution in [1.29, 1.82) is 0 Å². The average molecular weight is 1070 g/mol. The van der Waals surface area contributed by atoms with Crippen LogP contribution < -0.4 is 5.32 Å². The van der Waals surface area contributed by atoms with Gasteiger partial charge in [0.25, 0.3) is 0 Å². The van der Waals surface area contributed by atoms with Gasteiger partial charge in [-0.2, -0.15) is 0 Å². The highest BCUT2D eigenvalue weighted by atomic mass is 16.7. The van der Waals surface area contributed by atoms with Crippen LogP contribution >= 0.6 is 0 Å². The van der Waals surface area contributed by atoms with Crippen LogP contribution in [0, 0.1) is 0 Å². The number of nitrogens with one attached hydrogen (secondary N) is 1. The van der Waals surface area contributed by atoms with Crippen LogP contribution in [-0.2, 0) is 23.7 Å². The Bertz CT molecular complexity index is 1350. The van der Waals surface area contributed by atoms with Gasteiger partial charge in [-0.05, 0) is 44.9 Å². The normalized spacial score (nSPS) is 25.1. The molecule has 2 aliphatic rings.